The predicted molar refractivity (Wildman–Crippen MR) is 94.3 cm³/mol. The number of ether oxygens (including phenoxy) is 1. The van der Waals surface area contributed by atoms with Gasteiger partial charge in [-0.1, -0.05) is 0 Å². The Hall–Kier alpha value is -1.95. The molecule has 0 spiro atoms. The van der Waals surface area contributed by atoms with Crippen LogP contribution in [-0.4, -0.2) is 28.0 Å². The van der Waals surface area contributed by atoms with Crippen molar-refractivity contribution in [1.82, 2.24) is 15.3 Å². The molecule has 128 valence electrons. The standard InChI is InChI=1S/C18H23N3O2S/c1-12-9-13(2)20-18(19-12)23-16-5-3-15(4-6-16)21-17(22)10-14-7-8-24-11-14/h7-9,11,15-16H,3-6,10H2,1-2H3,(H,21,22). The molecule has 2 aromatic heterocycles. The number of thiophene rings is 1. The Morgan fingerprint density at radius 2 is 1.96 bits per heavy atom. The summed E-state index contributed by atoms with van der Waals surface area (Å²) in [5, 5.41) is 7.16. The number of rotatable bonds is 5. The molecular formula is C18H23N3O2S. The van der Waals surface area contributed by atoms with Crippen LogP contribution in [0.2, 0.25) is 0 Å². The third-order valence-corrected chi connectivity index (χ3v) is 4.95. The molecule has 0 aromatic carbocycles. The molecule has 1 amide bonds. The van der Waals surface area contributed by atoms with Crippen molar-refractivity contribution in [3.05, 3.63) is 39.8 Å². The second kappa shape index (κ2) is 7.75. The average molecular weight is 345 g/mol. The van der Waals surface area contributed by atoms with Gasteiger partial charge in [-0.25, -0.2) is 9.97 Å². The maximum atomic E-state index is 12.1. The van der Waals surface area contributed by atoms with Crippen LogP contribution >= 0.6 is 11.3 Å². The molecule has 5 nitrogen and oxygen atoms in total. The summed E-state index contributed by atoms with van der Waals surface area (Å²) in [5.74, 6) is 0.107. The molecule has 0 aliphatic heterocycles. The summed E-state index contributed by atoms with van der Waals surface area (Å²) in [6, 6.07) is 4.65. The summed E-state index contributed by atoms with van der Waals surface area (Å²) in [4.78, 5) is 20.7. The molecule has 1 aliphatic carbocycles. The van der Waals surface area contributed by atoms with Crippen LogP contribution in [0.1, 0.15) is 42.6 Å². The maximum absolute atomic E-state index is 12.1. The Kier molecular flexibility index (Phi) is 5.45. The highest BCUT2D eigenvalue weighted by Crippen LogP contribution is 2.22. The summed E-state index contributed by atoms with van der Waals surface area (Å²) in [6.07, 6.45) is 4.31. The van der Waals surface area contributed by atoms with Gasteiger partial charge in [0.15, 0.2) is 0 Å². The molecule has 1 aliphatic rings. The summed E-state index contributed by atoms with van der Waals surface area (Å²) < 4.78 is 5.92. The van der Waals surface area contributed by atoms with Crippen LogP contribution in [0.15, 0.2) is 22.9 Å². The smallest absolute Gasteiger partial charge is 0.317 e. The van der Waals surface area contributed by atoms with E-state index in [-0.39, 0.29) is 18.1 Å². The van der Waals surface area contributed by atoms with Crippen LogP contribution in [0.5, 0.6) is 6.01 Å². The van der Waals surface area contributed by atoms with Gasteiger partial charge in [0, 0.05) is 17.4 Å². The molecule has 0 atom stereocenters. The van der Waals surface area contributed by atoms with Gasteiger partial charge in [0.05, 0.1) is 6.42 Å². The van der Waals surface area contributed by atoms with Gasteiger partial charge in [0.25, 0.3) is 0 Å². The van der Waals surface area contributed by atoms with E-state index in [0.29, 0.717) is 12.4 Å². The lowest BCUT2D eigenvalue weighted by Gasteiger charge is -2.29. The molecule has 0 unspecified atom stereocenters. The molecule has 3 rings (SSSR count). The fraction of sp³-hybridized carbons (Fsp3) is 0.500. The van der Waals surface area contributed by atoms with Crippen molar-refractivity contribution in [2.45, 2.75) is 58.1 Å². The van der Waals surface area contributed by atoms with Gasteiger partial charge in [-0.3, -0.25) is 4.79 Å². The van der Waals surface area contributed by atoms with E-state index in [2.05, 4.69) is 15.3 Å². The molecule has 24 heavy (non-hydrogen) atoms. The first-order valence-corrected chi connectivity index (χ1v) is 9.32. The van der Waals surface area contributed by atoms with Crippen molar-refractivity contribution < 1.29 is 9.53 Å². The zero-order valence-electron chi connectivity index (χ0n) is 14.1. The van der Waals surface area contributed by atoms with Crippen molar-refractivity contribution in [3.63, 3.8) is 0 Å². The normalized spacial score (nSPS) is 20.6. The summed E-state index contributed by atoms with van der Waals surface area (Å²) in [7, 11) is 0. The molecule has 1 N–H and O–H groups in total. The van der Waals surface area contributed by atoms with E-state index in [4.69, 9.17) is 4.74 Å². The molecule has 0 bridgehead atoms. The van der Waals surface area contributed by atoms with Crippen molar-refractivity contribution in [2.24, 2.45) is 0 Å². The zero-order valence-corrected chi connectivity index (χ0v) is 14.9. The van der Waals surface area contributed by atoms with Gasteiger partial charge in [-0.15, -0.1) is 0 Å². The number of carbonyl (C=O) groups excluding carboxylic acids is 1. The summed E-state index contributed by atoms with van der Waals surface area (Å²) in [6.45, 7) is 3.89. The van der Waals surface area contributed by atoms with Crippen LogP contribution in [0.4, 0.5) is 0 Å². The minimum Gasteiger partial charge on any atom is -0.460 e. The van der Waals surface area contributed by atoms with E-state index in [1.54, 1.807) is 11.3 Å². The number of amides is 1. The maximum Gasteiger partial charge on any atom is 0.317 e. The first kappa shape index (κ1) is 16.9. The highest BCUT2D eigenvalue weighted by atomic mass is 32.1. The van der Waals surface area contributed by atoms with E-state index in [0.717, 1.165) is 42.6 Å². The summed E-state index contributed by atoms with van der Waals surface area (Å²) >= 11 is 1.62. The fourth-order valence-electron chi connectivity index (χ4n) is 3.08. The van der Waals surface area contributed by atoms with Crippen molar-refractivity contribution in [2.75, 3.05) is 0 Å². The molecule has 2 aromatic rings. The third kappa shape index (κ3) is 4.77. The average Bonchev–Trinajstić information content (AvgIpc) is 3.01. The number of hydrogen-bond donors (Lipinski definition) is 1. The van der Waals surface area contributed by atoms with E-state index in [1.165, 1.54) is 0 Å². The SMILES string of the molecule is Cc1cc(C)nc(OC2CCC(NC(=O)Cc3ccsc3)CC2)n1. The minimum absolute atomic E-state index is 0.107. The van der Waals surface area contributed by atoms with E-state index in [1.807, 2.05) is 36.7 Å². The lowest BCUT2D eigenvalue weighted by molar-refractivity contribution is -0.121. The lowest BCUT2D eigenvalue weighted by Crippen LogP contribution is -2.40. The molecule has 0 radical (unpaired) electrons. The first-order chi connectivity index (χ1) is 11.6. The molecule has 2 heterocycles. The number of aromatic nitrogens is 2. The Labute approximate surface area is 146 Å². The number of hydrogen-bond acceptors (Lipinski definition) is 5. The first-order valence-electron chi connectivity index (χ1n) is 8.38. The van der Waals surface area contributed by atoms with E-state index < -0.39 is 0 Å². The number of nitrogens with one attached hydrogen (secondary N) is 1. The summed E-state index contributed by atoms with van der Waals surface area (Å²) in [5.41, 5.74) is 2.93. The second-order valence-corrected chi connectivity index (χ2v) is 7.18. The van der Waals surface area contributed by atoms with Gasteiger partial charge >= 0.3 is 6.01 Å². The third-order valence-electron chi connectivity index (χ3n) is 4.22. The van der Waals surface area contributed by atoms with Gasteiger partial charge in [-0.05, 0) is 68.0 Å². The van der Waals surface area contributed by atoms with Crippen LogP contribution in [0.3, 0.4) is 0 Å². The molecular weight excluding hydrogens is 322 g/mol. The molecule has 6 heteroatoms. The quantitative estimate of drug-likeness (QED) is 0.904. The number of nitrogens with zero attached hydrogens (tertiary/aromatic N) is 2. The van der Waals surface area contributed by atoms with Crippen LogP contribution in [0.25, 0.3) is 0 Å². The van der Waals surface area contributed by atoms with Gasteiger partial charge in [-0.2, -0.15) is 11.3 Å². The van der Waals surface area contributed by atoms with Crippen LogP contribution < -0.4 is 10.1 Å². The Morgan fingerprint density at radius 3 is 2.58 bits per heavy atom. The Balaban J connectivity index is 1.44. The fourth-order valence-corrected chi connectivity index (χ4v) is 3.75. The largest absolute Gasteiger partial charge is 0.460 e. The zero-order chi connectivity index (χ0) is 16.9. The van der Waals surface area contributed by atoms with Crippen LogP contribution in [0, 0.1) is 13.8 Å². The van der Waals surface area contributed by atoms with Gasteiger partial charge in [0.1, 0.15) is 6.10 Å². The van der Waals surface area contributed by atoms with Crippen molar-refractivity contribution in [1.29, 1.82) is 0 Å². The monoisotopic (exact) mass is 345 g/mol. The van der Waals surface area contributed by atoms with Crippen LogP contribution in [-0.2, 0) is 11.2 Å². The van der Waals surface area contributed by atoms with Gasteiger partial charge in [0.2, 0.25) is 5.91 Å². The van der Waals surface area contributed by atoms with E-state index >= 15 is 0 Å². The van der Waals surface area contributed by atoms with Crippen molar-refractivity contribution in [3.8, 4) is 6.01 Å². The number of carbonyl (C=O) groups is 1. The highest BCUT2D eigenvalue weighted by molar-refractivity contribution is 7.07. The number of aryl methyl sites for hydroxylation is 2. The Bertz CT molecular complexity index is 659. The lowest BCUT2D eigenvalue weighted by atomic mass is 9.93. The van der Waals surface area contributed by atoms with E-state index in [9.17, 15) is 4.79 Å². The topological polar surface area (TPSA) is 64.1 Å². The Morgan fingerprint density at radius 1 is 1.25 bits per heavy atom. The minimum atomic E-state index is 0.107. The molecule has 1 fully saturated rings. The van der Waals surface area contributed by atoms with Gasteiger partial charge < -0.3 is 10.1 Å². The molecule has 1 saturated carbocycles. The predicted octanol–water partition coefficient (Wildman–Crippen LogP) is 3.20. The molecule has 0 saturated heterocycles. The second-order valence-electron chi connectivity index (χ2n) is 6.40. The van der Waals surface area contributed by atoms with Crippen molar-refractivity contribution >= 4 is 17.2 Å². The highest BCUT2D eigenvalue weighted by Gasteiger charge is 2.24.